The van der Waals surface area contributed by atoms with Crippen LogP contribution in [0.5, 0.6) is 0 Å². The zero-order valence-electron chi connectivity index (χ0n) is 10.1. The van der Waals surface area contributed by atoms with Crippen molar-refractivity contribution in [3.63, 3.8) is 0 Å². The van der Waals surface area contributed by atoms with E-state index >= 15 is 0 Å². The van der Waals surface area contributed by atoms with Crippen molar-refractivity contribution in [1.29, 1.82) is 0 Å². The molecule has 1 nitrogen and oxygen atoms in total. The molecular weight excluding hydrogens is 237 g/mol. The summed E-state index contributed by atoms with van der Waals surface area (Å²) in [5, 5.41) is 0.455. The maximum absolute atomic E-state index is 13.0. The molecule has 1 aromatic rings. The van der Waals surface area contributed by atoms with Gasteiger partial charge in [0.1, 0.15) is 5.82 Å². The van der Waals surface area contributed by atoms with Gasteiger partial charge in [-0.2, -0.15) is 0 Å². The first-order chi connectivity index (χ1) is 8.08. The van der Waals surface area contributed by atoms with Gasteiger partial charge >= 0.3 is 0 Å². The molecule has 1 atom stereocenters. The number of halogens is 2. The van der Waals surface area contributed by atoms with Gasteiger partial charge < -0.3 is 5.73 Å². The Morgan fingerprint density at radius 3 is 2.53 bits per heavy atom. The van der Waals surface area contributed by atoms with Gasteiger partial charge in [0.05, 0.1) is 0 Å². The Morgan fingerprint density at radius 2 is 1.94 bits per heavy atom. The monoisotopic (exact) mass is 255 g/mol. The maximum atomic E-state index is 13.0. The first-order valence-corrected chi connectivity index (χ1v) is 6.66. The van der Waals surface area contributed by atoms with Crippen molar-refractivity contribution < 1.29 is 4.39 Å². The van der Waals surface area contributed by atoms with E-state index in [0.29, 0.717) is 10.9 Å². The van der Waals surface area contributed by atoms with Crippen molar-refractivity contribution in [1.82, 2.24) is 0 Å². The Morgan fingerprint density at radius 1 is 1.29 bits per heavy atom. The third-order valence-corrected chi connectivity index (χ3v) is 4.22. The Hall–Kier alpha value is -0.600. The fraction of sp³-hybridized carbons (Fsp3) is 0.571. The van der Waals surface area contributed by atoms with Crippen molar-refractivity contribution in [2.75, 3.05) is 0 Å². The summed E-state index contributed by atoms with van der Waals surface area (Å²) < 4.78 is 13.0. The predicted octanol–water partition coefficient (Wildman–Crippen LogP) is 4.31. The predicted molar refractivity (Wildman–Crippen MR) is 69.5 cm³/mol. The average molecular weight is 256 g/mol. The molecule has 0 spiro atoms. The van der Waals surface area contributed by atoms with Gasteiger partial charge in [-0.3, -0.25) is 0 Å². The molecule has 0 amide bonds. The van der Waals surface area contributed by atoms with Gasteiger partial charge in [0.2, 0.25) is 0 Å². The first kappa shape index (κ1) is 12.8. The minimum atomic E-state index is -0.303. The van der Waals surface area contributed by atoms with Crippen molar-refractivity contribution in [2.24, 2.45) is 17.6 Å². The van der Waals surface area contributed by atoms with Crippen molar-refractivity contribution in [2.45, 2.75) is 38.6 Å². The lowest BCUT2D eigenvalue weighted by atomic mass is 9.77. The van der Waals surface area contributed by atoms with Crippen molar-refractivity contribution in [3.05, 3.63) is 34.6 Å². The van der Waals surface area contributed by atoms with Crippen molar-refractivity contribution >= 4 is 11.6 Å². The second-order valence-corrected chi connectivity index (χ2v) is 5.62. The maximum Gasteiger partial charge on any atom is 0.124 e. The van der Waals surface area contributed by atoms with Gasteiger partial charge in [-0.25, -0.2) is 4.39 Å². The lowest BCUT2D eigenvalue weighted by Gasteiger charge is -2.31. The third kappa shape index (κ3) is 2.99. The Labute approximate surface area is 107 Å². The Bertz CT molecular complexity index is 386. The van der Waals surface area contributed by atoms with Crippen molar-refractivity contribution in [3.8, 4) is 0 Å². The summed E-state index contributed by atoms with van der Waals surface area (Å²) in [6.45, 7) is 2.28. The van der Waals surface area contributed by atoms with Crippen LogP contribution in [0.25, 0.3) is 0 Å². The van der Waals surface area contributed by atoms with E-state index < -0.39 is 0 Å². The SMILES string of the molecule is CC1CCC(C(N)c2ccc(F)cc2Cl)CC1. The summed E-state index contributed by atoms with van der Waals surface area (Å²) in [6, 6.07) is 4.45. The van der Waals surface area contributed by atoms with E-state index in [-0.39, 0.29) is 11.9 Å². The minimum Gasteiger partial charge on any atom is -0.324 e. The zero-order chi connectivity index (χ0) is 12.4. The first-order valence-electron chi connectivity index (χ1n) is 6.28. The molecule has 0 saturated heterocycles. The summed E-state index contributed by atoms with van der Waals surface area (Å²) >= 11 is 6.05. The van der Waals surface area contributed by atoms with Crippen LogP contribution in [0.4, 0.5) is 4.39 Å². The van der Waals surface area contributed by atoms with Crippen LogP contribution >= 0.6 is 11.6 Å². The Balaban J connectivity index is 2.11. The molecule has 1 saturated carbocycles. The molecule has 0 bridgehead atoms. The molecule has 1 aromatic carbocycles. The third-order valence-electron chi connectivity index (χ3n) is 3.89. The number of hydrogen-bond donors (Lipinski definition) is 1. The van der Waals surface area contributed by atoms with Crippen LogP contribution in [0.1, 0.15) is 44.2 Å². The van der Waals surface area contributed by atoms with Crippen LogP contribution < -0.4 is 5.73 Å². The molecule has 0 aromatic heterocycles. The van der Waals surface area contributed by atoms with Crippen LogP contribution in [0.3, 0.4) is 0 Å². The minimum absolute atomic E-state index is 0.0596. The molecule has 1 aliphatic carbocycles. The van der Waals surface area contributed by atoms with E-state index in [1.165, 1.54) is 25.0 Å². The molecule has 0 heterocycles. The van der Waals surface area contributed by atoms with Gasteiger partial charge in [-0.1, -0.05) is 37.4 Å². The highest BCUT2D eigenvalue weighted by atomic mass is 35.5. The molecular formula is C14H19ClFN. The van der Waals surface area contributed by atoms with E-state index in [9.17, 15) is 4.39 Å². The average Bonchev–Trinajstić information content (AvgIpc) is 2.29. The summed E-state index contributed by atoms with van der Waals surface area (Å²) in [6.07, 6.45) is 4.76. The normalized spacial score (nSPS) is 26.8. The summed E-state index contributed by atoms with van der Waals surface area (Å²) in [5.41, 5.74) is 7.14. The van der Waals surface area contributed by atoms with E-state index in [1.54, 1.807) is 6.07 Å². The number of benzene rings is 1. The van der Waals surface area contributed by atoms with E-state index in [0.717, 1.165) is 24.3 Å². The zero-order valence-corrected chi connectivity index (χ0v) is 10.9. The van der Waals surface area contributed by atoms with Crippen LogP contribution in [0.2, 0.25) is 5.02 Å². The van der Waals surface area contributed by atoms with Gasteiger partial charge in [0, 0.05) is 11.1 Å². The standard InChI is InChI=1S/C14H19ClFN/c1-9-2-4-10(5-3-9)14(17)12-7-6-11(16)8-13(12)15/h6-10,14H,2-5,17H2,1H3. The molecule has 1 aliphatic rings. The molecule has 3 heteroatoms. The highest BCUT2D eigenvalue weighted by Crippen LogP contribution is 2.37. The van der Waals surface area contributed by atoms with E-state index in [4.69, 9.17) is 17.3 Å². The molecule has 2 N–H and O–H groups in total. The second-order valence-electron chi connectivity index (χ2n) is 5.21. The van der Waals surface area contributed by atoms with Crippen LogP contribution in [0, 0.1) is 17.7 Å². The quantitative estimate of drug-likeness (QED) is 0.838. The number of nitrogens with two attached hydrogens (primary N) is 1. The number of rotatable bonds is 2. The van der Waals surface area contributed by atoms with Crippen LogP contribution in [0.15, 0.2) is 18.2 Å². The molecule has 0 radical (unpaired) electrons. The van der Waals surface area contributed by atoms with Gasteiger partial charge in [-0.05, 0) is 42.4 Å². The molecule has 0 aliphatic heterocycles. The molecule has 2 rings (SSSR count). The second kappa shape index (κ2) is 5.36. The van der Waals surface area contributed by atoms with Gasteiger partial charge in [0.25, 0.3) is 0 Å². The fourth-order valence-corrected chi connectivity index (χ4v) is 2.96. The topological polar surface area (TPSA) is 26.0 Å². The van der Waals surface area contributed by atoms with E-state index in [2.05, 4.69) is 6.92 Å². The number of hydrogen-bond acceptors (Lipinski definition) is 1. The largest absolute Gasteiger partial charge is 0.324 e. The fourth-order valence-electron chi connectivity index (χ4n) is 2.67. The van der Waals surface area contributed by atoms with Crippen LogP contribution in [-0.4, -0.2) is 0 Å². The highest BCUT2D eigenvalue weighted by molar-refractivity contribution is 6.31. The van der Waals surface area contributed by atoms with Gasteiger partial charge in [-0.15, -0.1) is 0 Å². The molecule has 1 unspecified atom stereocenters. The lowest BCUT2D eigenvalue weighted by Crippen LogP contribution is -2.25. The Kier molecular flexibility index (Phi) is 4.05. The molecule has 1 fully saturated rings. The lowest BCUT2D eigenvalue weighted by molar-refractivity contribution is 0.256. The molecule has 94 valence electrons. The van der Waals surface area contributed by atoms with E-state index in [1.807, 2.05) is 0 Å². The van der Waals surface area contributed by atoms with Crippen LogP contribution in [-0.2, 0) is 0 Å². The highest BCUT2D eigenvalue weighted by Gasteiger charge is 2.25. The summed E-state index contributed by atoms with van der Waals surface area (Å²) in [7, 11) is 0. The summed E-state index contributed by atoms with van der Waals surface area (Å²) in [4.78, 5) is 0. The summed E-state index contributed by atoms with van der Waals surface area (Å²) in [5.74, 6) is 0.986. The smallest absolute Gasteiger partial charge is 0.124 e. The molecule has 17 heavy (non-hydrogen) atoms. The van der Waals surface area contributed by atoms with Gasteiger partial charge in [0.15, 0.2) is 0 Å².